The first kappa shape index (κ1) is 24.4. The van der Waals surface area contributed by atoms with Crippen LogP contribution in [0.1, 0.15) is 30.6 Å². The molecule has 0 bridgehead atoms. The maximum atomic E-state index is 12.2. The molecule has 1 aromatic carbocycles. The molecule has 0 saturated carbocycles. The van der Waals surface area contributed by atoms with Gasteiger partial charge in [-0.2, -0.15) is 0 Å². The Labute approximate surface area is 155 Å². The van der Waals surface area contributed by atoms with E-state index in [0.29, 0.717) is 34.6 Å². The molecule has 0 aromatic heterocycles. The van der Waals surface area contributed by atoms with Crippen LogP contribution < -0.4 is 15.8 Å². The van der Waals surface area contributed by atoms with Gasteiger partial charge in [-0.1, -0.05) is 18.5 Å². The molecule has 0 radical (unpaired) electrons. The number of hydrogen-bond donors (Lipinski definition) is 2. The van der Waals surface area contributed by atoms with Crippen molar-refractivity contribution in [3.05, 3.63) is 22.7 Å². The number of amides is 1. The van der Waals surface area contributed by atoms with Crippen molar-refractivity contribution in [2.24, 2.45) is 0 Å². The number of carbonyl (C=O) groups is 1. The van der Waals surface area contributed by atoms with Crippen LogP contribution in [0.15, 0.2) is 12.1 Å². The third-order valence-corrected chi connectivity index (χ3v) is 3.98. The van der Waals surface area contributed by atoms with E-state index < -0.39 is 0 Å². The molecule has 0 saturated heterocycles. The van der Waals surface area contributed by atoms with Gasteiger partial charge in [0, 0.05) is 25.2 Å². The number of rotatable bonds is 7. The van der Waals surface area contributed by atoms with Crippen molar-refractivity contribution in [3.8, 4) is 5.75 Å². The van der Waals surface area contributed by atoms with E-state index in [4.69, 9.17) is 22.1 Å². The molecule has 5 nitrogen and oxygen atoms in total. The fraction of sp³-hybridized carbons (Fsp3) is 0.533. The highest BCUT2D eigenvalue weighted by Gasteiger charge is 2.15. The molecule has 1 aromatic rings. The van der Waals surface area contributed by atoms with Crippen molar-refractivity contribution < 1.29 is 9.53 Å². The average Bonchev–Trinajstić information content (AvgIpc) is 2.48. The minimum absolute atomic E-state index is 0. The van der Waals surface area contributed by atoms with Crippen molar-refractivity contribution in [1.82, 2.24) is 10.2 Å². The molecule has 3 N–H and O–H groups in total. The first-order valence-corrected chi connectivity index (χ1v) is 7.39. The van der Waals surface area contributed by atoms with Crippen LogP contribution in [-0.2, 0) is 0 Å². The second-order valence-electron chi connectivity index (χ2n) is 5.07. The SMILES string of the molecule is CCC(C)N(C)CCNC(=O)c1cc(Cl)c(N)cc1OC.Cl.Cl. The normalized spacial score (nSPS) is 11.2. The summed E-state index contributed by atoms with van der Waals surface area (Å²) in [6, 6.07) is 3.58. The van der Waals surface area contributed by atoms with E-state index in [1.807, 2.05) is 7.05 Å². The number of benzene rings is 1. The van der Waals surface area contributed by atoms with Gasteiger partial charge in [-0.15, -0.1) is 24.8 Å². The molecule has 23 heavy (non-hydrogen) atoms. The van der Waals surface area contributed by atoms with Crippen molar-refractivity contribution >= 4 is 48.0 Å². The number of nitrogen functional groups attached to an aromatic ring is 1. The van der Waals surface area contributed by atoms with E-state index in [9.17, 15) is 4.79 Å². The van der Waals surface area contributed by atoms with Gasteiger partial charge in [0.2, 0.25) is 0 Å². The van der Waals surface area contributed by atoms with Crippen molar-refractivity contribution in [1.29, 1.82) is 0 Å². The molecule has 1 rings (SSSR count). The molecular weight excluding hydrogens is 361 g/mol. The number of nitrogens with two attached hydrogens (primary N) is 1. The van der Waals surface area contributed by atoms with Gasteiger partial charge in [0.1, 0.15) is 5.75 Å². The first-order valence-electron chi connectivity index (χ1n) is 7.02. The third-order valence-electron chi connectivity index (χ3n) is 3.66. The number of ether oxygens (including phenoxy) is 1. The predicted molar refractivity (Wildman–Crippen MR) is 102 cm³/mol. The Kier molecular flexibility index (Phi) is 12.3. The lowest BCUT2D eigenvalue weighted by Crippen LogP contribution is -2.37. The summed E-state index contributed by atoms with van der Waals surface area (Å²) in [6.07, 6.45) is 1.08. The number of likely N-dealkylation sites (N-methyl/N-ethyl adjacent to an activating group) is 1. The van der Waals surface area contributed by atoms with Crippen LogP contribution in [0.5, 0.6) is 5.75 Å². The maximum Gasteiger partial charge on any atom is 0.255 e. The molecule has 1 atom stereocenters. The van der Waals surface area contributed by atoms with E-state index in [-0.39, 0.29) is 30.7 Å². The zero-order chi connectivity index (χ0) is 16.0. The van der Waals surface area contributed by atoms with Gasteiger partial charge < -0.3 is 20.7 Å². The van der Waals surface area contributed by atoms with Gasteiger partial charge in [-0.05, 0) is 26.5 Å². The quantitative estimate of drug-likeness (QED) is 0.706. The van der Waals surface area contributed by atoms with Crippen molar-refractivity contribution in [3.63, 3.8) is 0 Å². The van der Waals surface area contributed by atoms with Crippen LogP contribution in [0.3, 0.4) is 0 Å². The minimum atomic E-state index is -0.216. The maximum absolute atomic E-state index is 12.2. The molecule has 0 spiro atoms. The largest absolute Gasteiger partial charge is 0.496 e. The molecule has 0 heterocycles. The van der Waals surface area contributed by atoms with Gasteiger partial charge in [-0.3, -0.25) is 4.79 Å². The summed E-state index contributed by atoms with van der Waals surface area (Å²) >= 11 is 5.96. The van der Waals surface area contributed by atoms with Crippen LogP contribution in [0.2, 0.25) is 5.02 Å². The Morgan fingerprint density at radius 2 is 2.04 bits per heavy atom. The van der Waals surface area contributed by atoms with Crippen LogP contribution in [-0.4, -0.2) is 44.1 Å². The second-order valence-corrected chi connectivity index (χ2v) is 5.47. The highest BCUT2D eigenvalue weighted by atomic mass is 35.5. The van der Waals surface area contributed by atoms with Gasteiger partial charge in [0.25, 0.3) is 5.91 Å². The topological polar surface area (TPSA) is 67.6 Å². The van der Waals surface area contributed by atoms with Gasteiger partial charge in [0.05, 0.1) is 23.4 Å². The highest BCUT2D eigenvalue weighted by molar-refractivity contribution is 6.33. The number of halogens is 3. The fourth-order valence-electron chi connectivity index (χ4n) is 1.89. The molecule has 0 aliphatic rings. The highest BCUT2D eigenvalue weighted by Crippen LogP contribution is 2.28. The molecule has 0 fully saturated rings. The molecule has 134 valence electrons. The van der Waals surface area contributed by atoms with Crippen LogP contribution >= 0.6 is 36.4 Å². The summed E-state index contributed by atoms with van der Waals surface area (Å²) in [5, 5.41) is 3.22. The molecule has 1 amide bonds. The van der Waals surface area contributed by atoms with Crippen molar-refractivity contribution in [2.75, 3.05) is 33.0 Å². The van der Waals surface area contributed by atoms with E-state index in [0.717, 1.165) is 13.0 Å². The van der Waals surface area contributed by atoms with Crippen molar-refractivity contribution in [2.45, 2.75) is 26.3 Å². The van der Waals surface area contributed by atoms with Gasteiger partial charge in [0.15, 0.2) is 0 Å². The average molecular weight is 387 g/mol. The van der Waals surface area contributed by atoms with Crippen LogP contribution in [0.25, 0.3) is 0 Å². The molecule has 0 aliphatic carbocycles. The lowest BCUT2D eigenvalue weighted by molar-refractivity contribution is 0.0944. The number of carbonyl (C=O) groups excluding carboxylic acids is 1. The monoisotopic (exact) mass is 385 g/mol. The predicted octanol–water partition coefficient (Wildman–Crippen LogP) is 3.23. The molecule has 0 aliphatic heterocycles. The van der Waals surface area contributed by atoms with E-state index in [1.54, 1.807) is 6.07 Å². The summed E-state index contributed by atoms with van der Waals surface area (Å²) in [5.41, 5.74) is 6.49. The number of nitrogens with one attached hydrogen (secondary N) is 1. The van der Waals surface area contributed by atoms with Gasteiger partial charge >= 0.3 is 0 Å². The summed E-state index contributed by atoms with van der Waals surface area (Å²) in [7, 11) is 3.54. The van der Waals surface area contributed by atoms with E-state index >= 15 is 0 Å². The summed E-state index contributed by atoms with van der Waals surface area (Å²) in [5.74, 6) is 0.205. The number of nitrogens with zero attached hydrogens (tertiary/aromatic N) is 1. The summed E-state index contributed by atoms with van der Waals surface area (Å²) in [6.45, 7) is 5.64. The summed E-state index contributed by atoms with van der Waals surface area (Å²) in [4.78, 5) is 14.4. The van der Waals surface area contributed by atoms with Gasteiger partial charge in [-0.25, -0.2) is 0 Å². The minimum Gasteiger partial charge on any atom is -0.496 e. The number of methoxy groups -OCH3 is 1. The number of hydrogen-bond acceptors (Lipinski definition) is 4. The molecular formula is C15H26Cl3N3O2. The van der Waals surface area contributed by atoms with Crippen LogP contribution in [0.4, 0.5) is 5.69 Å². The zero-order valence-corrected chi connectivity index (χ0v) is 16.3. The molecule has 1 unspecified atom stereocenters. The summed E-state index contributed by atoms with van der Waals surface area (Å²) < 4.78 is 5.18. The Hall–Kier alpha value is -0.880. The lowest BCUT2D eigenvalue weighted by atomic mass is 10.1. The van der Waals surface area contributed by atoms with Crippen LogP contribution in [0, 0.1) is 0 Å². The first-order chi connectivity index (χ1) is 9.90. The fourth-order valence-corrected chi connectivity index (χ4v) is 2.05. The lowest BCUT2D eigenvalue weighted by Gasteiger charge is -2.23. The second kappa shape index (κ2) is 11.6. The number of anilines is 1. The Balaban J connectivity index is 0. The smallest absolute Gasteiger partial charge is 0.255 e. The zero-order valence-electron chi connectivity index (χ0n) is 13.9. The molecule has 8 heteroatoms. The standard InChI is InChI=1S/C15H24ClN3O2.2ClH/c1-5-10(2)19(3)7-6-18-15(20)11-8-12(16)13(17)9-14(11)21-4;;/h8-10H,5-7,17H2,1-4H3,(H,18,20);2*1H. The van der Waals surface area contributed by atoms with E-state index in [1.165, 1.54) is 13.2 Å². The Morgan fingerprint density at radius 1 is 1.43 bits per heavy atom. The van der Waals surface area contributed by atoms with E-state index in [2.05, 4.69) is 24.1 Å². The Bertz CT molecular complexity index is 501. The Morgan fingerprint density at radius 3 is 2.57 bits per heavy atom. The third kappa shape index (κ3) is 7.04.